The SMILES string of the molecule is O=S(=O)(Cc1ccc(Cl)cc1)Nc1ccc(-c2ccccc2)nc1. The molecule has 0 saturated carbocycles. The first-order chi connectivity index (χ1) is 11.5. The Morgan fingerprint density at radius 3 is 2.25 bits per heavy atom. The molecular weight excluding hydrogens is 344 g/mol. The number of hydrogen-bond acceptors (Lipinski definition) is 3. The molecule has 1 aromatic heterocycles. The number of hydrogen-bond donors (Lipinski definition) is 1. The zero-order valence-electron chi connectivity index (χ0n) is 12.7. The maximum atomic E-state index is 12.2. The average Bonchev–Trinajstić information content (AvgIpc) is 2.58. The minimum atomic E-state index is -3.51. The van der Waals surface area contributed by atoms with Crippen molar-refractivity contribution in [2.24, 2.45) is 0 Å². The van der Waals surface area contributed by atoms with Gasteiger partial charge in [-0.2, -0.15) is 0 Å². The summed E-state index contributed by atoms with van der Waals surface area (Å²) >= 11 is 5.80. The minimum absolute atomic E-state index is 0.120. The Labute approximate surface area is 146 Å². The molecule has 0 spiro atoms. The summed E-state index contributed by atoms with van der Waals surface area (Å²) in [6, 6.07) is 19.9. The quantitative estimate of drug-likeness (QED) is 0.737. The summed E-state index contributed by atoms with van der Waals surface area (Å²) in [5, 5.41) is 0.574. The molecule has 0 aliphatic heterocycles. The second-order valence-electron chi connectivity index (χ2n) is 5.29. The van der Waals surface area contributed by atoms with E-state index in [1.54, 1.807) is 36.4 Å². The maximum Gasteiger partial charge on any atom is 0.236 e. The van der Waals surface area contributed by atoms with Crippen molar-refractivity contribution in [3.8, 4) is 11.3 Å². The van der Waals surface area contributed by atoms with Crippen LogP contribution in [0.4, 0.5) is 5.69 Å². The van der Waals surface area contributed by atoms with E-state index in [0.717, 1.165) is 11.3 Å². The number of benzene rings is 2. The molecular formula is C18H15ClN2O2S. The Morgan fingerprint density at radius 2 is 1.62 bits per heavy atom. The summed E-state index contributed by atoms with van der Waals surface area (Å²) < 4.78 is 27.0. The van der Waals surface area contributed by atoms with Crippen LogP contribution in [0.25, 0.3) is 11.3 Å². The molecule has 0 fully saturated rings. The summed E-state index contributed by atoms with van der Waals surface area (Å²) in [4.78, 5) is 4.31. The standard InChI is InChI=1S/C18H15ClN2O2S/c19-16-8-6-14(7-9-16)13-24(22,23)21-17-10-11-18(20-12-17)15-4-2-1-3-5-15/h1-12,21H,13H2. The van der Waals surface area contributed by atoms with Gasteiger partial charge in [0, 0.05) is 10.6 Å². The van der Waals surface area contributed by atoms with E-state index in [0.29, 0.717) is 16.3 Å². The lowest BCUT2D eigenvalue weighted by atomic mass is 10.1. The summed E-state index contributed by atoms with van der Waals surface area (Å²) in [5.41, 5.74) is 2.87. The second-order valence-corrected chi connectivity index (χ2v) is 7.44. The predicted molar refractivity (Wildman–Crippen MR) is 97.4 cm³/mol. The molecule has 4 nitrogen and oxygen atoms in total. The second kappa shape index (κ2) is 7.03. The molecule has 24 heavy (non-hydrogen) atoms. The van der Waals surface area contributed by atoms with E-state index in [2.05, 4.69) is 9.71 Å². The van der Waals surface area contributed by atoms with Crippen molar-refractivity contribution in [1.82, 2.24) is 4.98 Å². The van der Waals surface area contributed by atoms with E-state index in [1.807, 2.05) is 30.3 Å². The van der Waals surface area contributed by atoms with Gasteiger partial charge in [0.15, 0.2) is 0 Å². The van der Waals surface area contributed by atoms with Crippen LogP contribution < -0.4 is 4.72 Å². The molecule has 122 valence electrons. The van der Waals surface area contributed by atoms with Crippen LogP contribution >= 0.6 is 11.6 Å². The smallest absolute Gasteiger partial charge is 0.236 e. The Morgan fingerprint density at radius 1 is 0.917 bits per heavy atom. The van der Waals surface area contributed by atoms with E-state index in [4.69, 9.17) is 11.6 Å². The third-order valence-electron chi connectivity index (χ3n) is 3.38. The van der Waals surface area contributed by atoms with E-state index >= 15 is 0 Å². The summed E-state index contributed by atoms with van der Waals surface area (Å²) in [7, 11) is -3.51. The van der Waals surface area contributed by atoms with Gasteiger partial charge in [0.05, 0.1) is 23.3 Å². The van der Waals surface area contributed by atoms with Crippen molar-refractivity contribution in [1.29, 1.82) is 0 Å². The van der Waals surface area contributed by atoms with Crippen molar-refractivity contribution >= 4 is 27.3 Å². The maximum absolute atomic E-state index is 12.2. The van der Waals surface area contributed by atoms with Crippen molar-refractivity contribution in [2.45, 2.75) is 5.75 Å². The van der Waals surface area contributed by atoms with E-state index in [-0.39, 0.29) is 5.75 Å². The molecule has 0 aliphatic rings. The molecule has 0 amide bonds. The number of anilines is 1. The monoisotopic (exact) mass is 358 g/mol. The Kier molecular flexibility index (Phi) is 4.83. The van der Waals surface area contributed by atoms with Crippen LogP contribution in [0.3, 0.4) is 0 Å². The van der Waals surface area contributed by atoms with Crippen LogP contribution in [-0.4, -0.2) is 13.4 Å². The molecule has 6 heteroatoms. The molecule has 3 aromatic rings. The lowest BCUT2D eigenvalue weighted by Gasteiger charge is -2.09. The van der Waals surface area contributed by atoms with Crippen LogP contribution in [0.15, 0.2) is 72.9 Å². The molecule has 2 aromatic carbocycles. The van der Waals surface area contributed by atoms with E-state index in [9.17, 15) is 8.42 Å². The van der Waals surface area contributed by atoms with Crippen molar-refractivity contribution in [2.75, 3.05) is 4.72 Å². The molecule has 0 saturated heterocycles. The number of pyridine rings is 1. The highest BCUT2D eigenvalue weighted by molar-refractivity contribution is 7.91. The molecule has 0 unspecified atom stereocenters. The highest BCUT2D eigenvalue weighted by Gasteiger charge is 2.12. The van der Waals surface area contributed by atoms with Crippen LogP contribution in [-0.2, 0) is 15.8 Å². The third kappa shape index (κ3) is 4.34. The van der Waals surface area contributed by atoms with Gasteiger partial charge in [-0.3, -0.25) is 9.71 Å². The molecule has 0 atom stereocenters. The zero-order valence-corrected chi connectivity index (χ0v) is 14.3. The Balaban J connectivity index is 1.72. The van der Waals surface area contributed by atoms with Crippen molar-refractivity contribution < 1.29 is 8.42 Å². The largest absolute Gasteiger partial charge is 0.282 e. The number of nitrogens with one attached hydrogen (secondary N) is 1. The topological polar surface area (TPSA) is 59.1 Å². The highest BCUT2D eigenvalue weighted by Crippen LogP contribution is 2.19. The lowest BCUT2D eigenvalue weighted by molar-refractivity contribution is 0.600. The normalized spacial score (nSPS) is 11.2. The molecule has 1 heterocycles. The first-order valence-corrected chi connectivity index (χ1v) is 9.31. The molecule has 1 N–H and O–H groups in total. The fraction of sp³-hybridized carbons (Fsp3) is 0.0556. The van der Waals surface area contributed by atoms with Gasteiger partial charge >= 0.3 is 0 Å². The van der Waals surface area contributed by atoms with Gasteiger partial charge < -0.3 is 0 Å². The number of rotatable bonds is 5. The fourth-order valence-electron chi connectivity index (χ4n) is 2.25. The summed E-state index contributed by atoms with van der Waals surface area (Å²) in [6.07, 6.45) is 1.52. The minimum Gasteiger partial charge on any atom is -0.282 e. The highest BCUT2D eigenvalue weighted by atomic mass is 35.5. The van der Waals surface area contributed by atoms with Gasteiger partial charge in [-0.15, -0.1) is 0 Å². The molecule has 0 bridgehead atoms. The van der Waals surface area contributed by atoms with Gasteiger partial charge in [0.1, 0.15) is 0 Å². The van der Waals surface area contributed by atoms with E-state index in [1.165, 1.54) is 6.20 Å². The van der Waals surface area contributed by atoms with Gasteiger partial charge in [-0.05, 0) is 29.8 Å². The van der Waals surface area contributed by atoms with Gasteiger partial charge in [0.2, 0.25) is 10.0 Å². The Bertz CT molecular complexity index is 909. The van der Waals surface area contributed by atoms with Crippen LogP contribution in [0.1, 0.15) is 5.56 Å². The molecule has 3 rings (SSSR count). The van der Waals surface area contributed by atoms with Gasteiger partial charge in [-0.25, -0.2) is 8.42 Å². The lowest BCUT2D eigenvalue weighted by Crippen LogP contribution is -2.15. The summed E-state index contributed by atoms with van der Waals surface area (Å²) in [6.45, 7) is 0. The van der Waals surface area contributed by atoms with Crippen LogP contribution in [0, 0.1) is 0 Å². The van der Waals surface area contributed by atoms with Gasteiger partial charge in [0.25, 0.3) is 0 Å². The van der Waals surface area contributed by atoms with Gasteiger partial charge in [-0.1, -0.05) is 54.1 Å². The Hall–Kier alpha value is -2.37. The number of halogens is 1. The zero-order chi connectivity index (χ0) is 17.0. The first-order valence-electron chi connectivity index (χ1n) is 7.28. The fourth-order valence-corrected chi connectivity index (χ4v) is 3.56. The number of sulfonamides is 1. The molecule has 0 aliphatic carbocycles. The molecule has 0 radical (unpaired) electrons. The predicted octanol–water partition coefficient (Wildman–Crippen LogP) is 4.34. The number of nitrogens with zero attached hydrogens (tertiary/aromatic N) is 1. The van der Waals surface area contributed by atoms with E-state index < -0.39 is 10.0 Å². The third-order valence-corrected chi connectivity index (χ3v) is 4.89. The number of aromatic nitrogens is 1. The van der Waals surface area contributed by atoms with Crippen molar-refractivity contribution in [3.05, 3.63) is 83.5 Å². The average molecular weight is 359 g/mol. The first kappa shape index (κ1) is 16.5. The van der Waals surface area contributed by atoms with Crippen LogP contribution in [0.5, 0.6) is 0 Å². The van der Waals surface area contributed by atoms with Crippen molar-refractivity contribution in [3.63, 3.8) is 0 Å². The summed E-state index contributed by atoms with van der Waals surface area (Å²) in [5.74, 6) is -0.120. The van der Waals surface area contributed by atoms with Crippen LogP contribution in [0.2, 0.25) is 5.02 Å².